The quantitative estimate of drug-likeness (QED) is 0.718. The predicted molar refractivity (Wildman–Crippen MR) is 120 cm³/mol. The molecule has 0 aliphatic carbocycles. The largest absolute Gasteiger partial charge is 0.496 e. The van der Waals surface area contributed by atoms with Gasteiger partial charge in [-0.1, -0.05) is 12.1 Å². The minimum absolute atomic E-state index is 0.611. The first kappa shape index (κ1) is 21.0. The van der Waals surface area contributed by atoms with Gasteiger partial charge in [-0.2, -0.15) is 0 Å². The number of benzene rings is 2. The molecule has 0 N–H and O–H groups in total. The van der Waals surface area contributed by atoms with Crippen LogP contribution >= 0.6 is 0 Å². The molecule has 0 aromatic heterocycles. The van der Waals surface area contributed by atoms with Crippen LogP contribution in [-0.4, -0.2) is 56.8 Å². The molecule has 1 unspecified atom stereocenters. The summed E-state index contributed by atoms with van der Waals surface area (Å²) in [7, 11) is 5.16. The normalized spacial score (nSPS) is 19.9. The smallest absolute Gasteiger partial charge is 0.161 e. The Kier molecular flexibility index (Phi) is 6.49. The van der Waals surface area contributed by atoms with Crippen LogP contribution in [0.4, 0.5) is 0 Å². The summed E-state index contributed by atoms with van der Waals surface area (Å²) in [5.74, 6) is 2.64. The van der Waals surface area contributed by atoms with E-state index >= 15 is 0 Å². The van der Waals surface area contributed by atoms with Crippen molar-refractivity contribution in [2.24, 2.45) is 0 Å². The lowest BCUT2D eigenvalue weighted by atomic mass is 9.95. The molecule has 4 rings (SSSR count). The highest BCUT2D eigenvalue weighted by Gasteiger charge is 2.28. The Morgan fingerprint density at radius 3 is 2.33 bits per heavy atom. The minimum atomic E-state index is 0.611. The summed E-state index contributed by atoms with van der Waals surface area (Å²) < 4.78 is 16.4. The minimum Gasteiger partial charge on any atom is -0.496 e. The van der Waals surface area contributed by atoms with Crippen molar-refractivity contribution >= 4 is 0 Å². The molecule has 1 saturated heterocycles. The Morgan fingerprint density at radius 2 is 1.63 bits per heavy atom. The molecule has 0 bridgehead atoms. The molecule has 2 heterocycles. The van der Waals surface area contributed by atoms with Crippen molar-refractivity contribution in [2.45, 2.75) is 45.3 Å². The molecule has 2 aliphatic rings. The first-order valence-corrected chi connectivity index (χ1v) is 10.9. The van der Waals surface area contributed by atoms with Gasteiger partial charge in [0.15, 0.2) is 11.5 Å². The molecule has 1 atom stereocenters. The van der Waals surface area contributed by atoms with Gasteiger partial charge in [0.25, 0.3) is 0 Å². The number of piperidine rings is 1. The lowest BCUT2D eigenvalue weighted by Gasteiger charge is -2.41. The molecule has 2 aliphatic heterocycles. The van der Waals surface area contributed by atoms with Gasteiger partial charge in [-0.15, -0.1) is 0 Å². The van der Waals surface area contributed by atoms with Gasteiger partial charge in [-0.05, 0) is 73.2 Å². The number of rotatable bonds is 6. The molecule has 0 saturated carbocycles. The standard InChI is InChI=1S/C25H34N2O3/c1-18-12-19(7-8-23(18)28-2)15-26-10-5-6-22(17-26)27-11-9-20-13-24(29-3)25(30-4)14-21(20)16-27/h7-8,12-14,22H,5-6,9-11,15-17H2,1-4H3. The van der Waals surface area contributed by atoms with Gasteiger partial charge in [-0.25, -0.2) is 0 Å². The molecule has 0 amide bonds. The average molecular weight is 411 g/mol. The number of fused-ring (bicyclic) bond motifs is 1. The van der Waals surface area contributed by atoms with Gasteiger partial charge in [0.2, 0.25) is 0 Å². The van der Waals surface area contributed by atoms with Gasteiger partial charge in [0.1, 0.15) is 5.75 Å². The van der Waals surface area contributed by atoms with Crippen molar-refractivity contribution in [1.29, 1.82) is 0 Å². The topological polar surface area (TPSA) is 34.2 Å². The van der Waals surface area contributed by atoms with E-state index in [1.54, 1.807) is 21.3 Å². The highest BCUT2D eigenvalue weighted by molar-refractivity contribution is 5.48. The third kappa shape index (κ3) is 4.42. The number of ether oxygens (including phenoxy) is 3. The van der Waals surface area contributed by atoms with Crippen LogP contribution in [0.15, 0.2) is 30.3 Å². The first-order chi connectivity index (χ1) is 14.6. The summed E-state index contributed by atoms with van der Waals surface area (Å²) >= 11 is 0. The number of hydrogen-bond donors (Lipinski definition) is 0. The zero-order valence-corrected chi connectivity index (χ0v) is 18.7. The lowest BCUT2D eigenvalue weighted by Crippen LogP contribution is -2.49. The van der Waals surface area contributed by atoms with E-state index < -0.39 is 0 Å². The van der Waals surface area contributed by atoms with Gasteiger partial charge in [0, 0.05) is 32.2 Å². The second-order valence-corrected chi connectivity index (χ2v) is 8.53. The Bertz CT molecular complexity index is 883. The summed E-state index contributed by atoms with van der Waals surface area (Å²) in [6.45, 7) is 7.55. The number of methoxy groups -OCH3 is 3. The average Bonchev–Trinajstić information content (AvgIpc) is 2.78. The fourth-order valence-electron chi connectivity index (χ4n) is 4.99. The van der Waals surface area contributed by atoms with Crippen molar-refractivity contribution in [1.82, 2.24) is 9.80 Å². The molecule has 162 valence electrons. The van der Waals surface area contributed by atoms with E-state index in [2.05, 4.69) is 47.1 Å². The van der Waals surface area contributed by atoms with Gasteiger partial charge < -0.3 is 14.2 Å². The van der Waals surface area contributed by atoms with Gasteiger partial charge in [-0.3, -0.25) is 9.80 Å². The fraction of sp³-hybridized carbons (Fsp3) is 0.520. The molecular formula is C25H34N2O3. The summed E-state index contributed by atoms with van der Waals surface area (Å²) in [5, 5.41) is 0. The maximum absolute atomic E-state index is 5.53. The molecule has 5 nitrogen and oxygen atoms in total. The van der Waals surface area contributed by atoms with Gasteiger partial charge in [0.05, 0.1) is 21.3 Å². The van der Waals surface area contributed by atoms with Gasteiger partial charge >= 0.3 is 0 Å². The van der Waals surface area contributed by atoms with Crippen LogP contribution in [-0.2, 0) is 19.5 Å². The summed E-state index contributed by atoms with van der Waals surface area (Å²) in [6, 6.07) is 11.5. The molecule has 5 heteroatoms. The van der Waals surface area contributed by atoms with E-state index in [9.17, 15) is 0 Å². The van der Waals surface area contributed by atoms with Crippen LogP contribution < -0.4 is 14.2 Å². The highest BCUT2D eigenvalue weighted by atomic mass is 16.5. The third-order valence-electron chi connectivity index (χ3n) is 6.61. The van der Waals surface area contributed by atoms with Crippen LogP contribution in [0.5, 0.6) is 17.2 Å². The third-order valence-corrected chi connectivity index (χ3v) is 6.61. The molecule has 2 aromatic rings. The van der Waals surface area contributed by atoms with Crippen molar-refractivity contribution in [2.75, 3.05) is 41.0 Å². The van der Waals surface area contributed by atoms with E-state index in [1.165, 1.54) is 41.6 Å². The van der Waals surface area contributed by atoms with Crippen LogP contribution in [0.2, 0.25) is 0 Å². The maximum Gasteiger partial charge on any atom is 0.161 e. The van der Waals surface area contributed by atoms with E-state index in [0.717, 1.165) is 49.8 Å². The number of nitrogens with zero attached hydrogens (tertiary/aromatic N) is 2. The summed E-state index contributed by atoms with van der Waals surface area (Å²) in [5.41, 5.74) is 5.35. The van der Waals surface area contributed by atoms with E-state index in [-0.39, 0.29) is 0 Å². The van der Waals surface area contributed by atoms with Crippen LogP contribution in [0.1, 0.15) is 35.1 Å². The predicted octanol–water partition coefficient (Wildman–Crippen LogP) is 4.04. The first-order valence-electron chi connectivity index (χ1n) is 10.9. The maximum atomic E-state index is 5.53. The van der Waals surface area contributed by atoms with E-state index in [4.69, 9.17) is 14.2 Å². The Balaban J connectivity index is 1.42. The molecular weight excluding hydrogens is 376 g/mol. The Labute approximate surface area is 180 Å². The molecule has 0 spiro atoms. The van der Waals surface area contributed by atoms with Crippen LogP contribution in [0.3, 0.4) is 0 Å². The summed E-state index contributed by atoms with van der Waals surface area (Å²) in [6.07, 6.45) is 3.61. The molecule has 0 radical (unpaired) electrons. The lowest BCUT2D eigenvalue weighted by molar-refractivity contribution is 0.0837. The van der Waals surface area contributed by atoms with Crippen molar-refractivity contribution in [3.8, 4) is 17.2 Å². The monoisotopic (exact) mass is 410 g/mol. The van der Waals surface area contributed by atoms with Crippen molar-refractivity contribution in [3.05, 3.63) is 52.6 Å². The van der Waals surface area contributed by atoms with Crippen molar-refractivity contribution in [3.63, 3.8) is 0 Å². The second-order valence-electron chi connectivity index (χ2n) is 8.53. The zero-order chi connectivity index (χ0) is 21.1. The molecule has 2 aromatic carbocycles. The van der Waals surface area contributed by atoms with Crippen molar-refractivity contribution < 1.29 is 14.2 Å². The van der Waals surface area contributed by atoms with E-state index in [0.29, 0.717) is 6.04 Å². The Hall–Kier alpha value is -2.24. The zero-order valence-electron chi connectivity index (χ0n) is 18.7. The van der Waals surface area contributed by atoms with Crippen LogP contribution in [0, 0.1) is 6.92 Å². The number of aryl methyl sites for hydroxylation is 1. The number of likely N-dealkylation sites (tertiary alicyclic amines) is 1. The Morgan fingerprint density at radius 1 is 0.900 bits per heavy atom. The second kappa shape index (κ2) is 9.27. The highest BCUT2D eigenvalue weighted by Crippen LogP contribution is 2.34. The molecule has 1 fully saturated rings. The fourth-order valence-corrected chi connectivity index (χ4v) is 4.99. The summed E-state index contributed by atoms with van der Waals surface area (Å²) in [4.78, 5) is 5.28. The molecule has 30 heavy (non-hydrogen) atoms. The van der Waals surface area contributed by atoms with Crippen LogP contribution in [0.25, 0.3) is 0 Å². The SMILES string of the molecule is COc1ccc(CN2CCCC(N3CCc4cc(OC)c(OC)cc4C3)C2)cc1C. The number of hydrogen-bond acceptors (Lipinski definition) is 5. The van der Waals surface area contributed by atoms with E-state index in [1.807, 2.05) is 0 Å².